The molecular weight excluding hydrogens is 260 g/mol. The number of carbonyl (C=O) groups is 2. The molecule has 3 aliphatic rings. The summed E-state index contributed by atoms with van der Waals surface area (Å²) in [5.74, 6) is 1.27. The van der Waals surface area contributed by atoms with Gasteiger partial charge in [-0.1, -0.05) is 38.7 Å². The smallest absolute Gasteiger partial charge is 0.163 e. The monoisotopic (exact) mass is 288 g/mol. The van der Waals surface area contributed by atoms with Crippen LogP contribution in [0.5, 0.6) is 0 Å². The summed E-state index contributed by atoms with van der Waals surface area (Å²) in [4.78, 5) is 25.8. The van der Waals surface area contributed by atoms with Crippen LogP contribution in [-0.2, 0) is 9.59 Å². The van der Waals surface area contributed by atoms with Crippen molar-refractivity contribution in [2.75, 3.05) is 0 Å². The van der Waals surface area contributed by atoms with Gasteiger partial charge in [-0.05, 0) is 44.4 Å². The molecule has 0 N–H and O–H groups in total. The predicted octanol–water partition coefficient (Wildman–Crippen LogP) is 4.48. The molecule has 2 saturated carbocycles. The topological polar surface area (TPSA) is 34.1 Å². The average Bonchev–Trinajstić information content (AvgIpc) is 2.53. The molecule has 4 atom stereocenters. The Morgan fingerprint density at radius 2 is 1.95 bits per heavy atom. The van der Waals surface area contributed by atoms with E-state index < -0.39 is 0 Å². The van der Waals surface area contributed by atoms with Crippen molar-refractivity contribution in [1.29, 1.82) is 0 Å². The molecule has 4 unspecified atom stereocenters. The van der Waals surface area contributed by atoms with E-state index in [1.165, 1.54) is 19.3 Å². The molecule has 21 heavy (non-hydrogen) atoms. The van der Waals surface area contributed by atoms with Gasteiger partial charge in [-0.15, -0.1) is 0 Å². The van der Waals surface area contributed by atoms with Crippen LogP contribution in [0.2, 0.25) is 0 Å². The van der Waals surface area contributed by atoms with Gasteiger partial charge in [0.25, 0.3) is 0 Å². The molecule has 3 rings (SSSR count). The minimum Gasteiger partial charge on any atom is -0.299 e. The summed E-state index contributed by atoms with van der Waals surface area (Å²) in [6, 6.07) is 0. The van der Waals surface area contributed by atoms with E-state index in [2.05, 4.69) is 13.0 Å². The summed E-state index contributed by atoms with van der Waals surface area (Å²) in [7, 11) is 0. The van der Waals surface area contributed by atoms with Crippen molar-refractivity contribution in [1.82, 2.24) is 0 Å². The van der Waals surface area contributed by atoms with Crippen molar-refractivity contribution in [2.24, 2.45) is 23.7 Å². The molecule has 0 aromatic heterocycles. The lowest BCUT2D eigenvalue weighted by atomic mass is 9.58. The maximum absolute atomic E-state index is 13.0. The fraction of sp³-hybridized carbons (Fsp3) is 0.789. The summed E-state index contributed by atoms with van der Waals surface area (Å²) >= 11 is 0. The highest BCUT2D eigenvalue weighted by Gasteiger charge is 2.50. The van der Waals surface area contributed by atoms with Crippen molar-refractivity contribution in [3.05, 3.63) is 11.6 Å². The third-order valence-corrected chi connectivity index (χ3v) is 5.94. The molecule has 0 bridgehead atoms. The van der Waals surface area contributed by atoms with Crippen molar-refractivity contribution in [2.45, 2.75) is 71.1 Å². The second kappa shape index (κ2) is 6.46. The quantitative estimate of drug-likeness (QED) is 0.715. The molecule has 2 heteroatoms. The van der Waals surface area contributed by atoms with Crippen LogP contribution in [0.25, 0.3) is 0 Å². The van der Waals surface area contributed by atoms with Crippen LogP contribution >= 0.6 is 0 Å². The Balaban J connectivity index is 1.81. The summed E-state index contributed by atoms with van der Waals surface area (Å²) in [6.45, 7) is 2.22. The van der Waals surface area contributed by atoms with Gasteiger partial charge in [-0.3, -0.25) is 9.59 Å². The van der Waals surface area contributed by atoms with E-state index in [0.29, 0.717) is 17.5 Å². The van der Waals surface area contributed by atoms with E-state index in [1.54, 1.807) is 0 Å². The molecule has 0 aromatic rings. The highest BCUT2D eigenvalue weighted by molar-refractivity contribution is 6.10. The third-order valence-electron chi connectivity index (χ3n) is 5.94. The number of fused-ring (bicyclic) bond motifs is 2. The highest BCUT2D eigenvalue weighted by Crippen LogP contribution is 2.47. The Hall–Kier alpha value is -0.920. The van der Waals surface area contributed by atoms with E-state index in [0.717, 1.165) is 50.5 Å². The minimum atomic E-state index is -0.0399. The molecule has 2 fully saturated rings. The normalized spacial score (nSPS) is 36.0. The van der Waals surface area contributed by atoms with Gasteiger partial charge in [0, 0.05) is 23.3 Å². The van der Waals surface area contributed by atoms with Gasteiger partial charge in [0.2, 0.25) is 0 Å². The molecule has 3 aliphatic carbocycles. The number of unbranched alkanes of at least 4 members (excludes halogenated alkanes) is 2. The van der Waals surface area contributed by atoms with Crippen LogP contribution in [0.15, 0.2) is 11.6 Å². The van der Waals surface area contributed by atoms with E-state index in [-0.39, 0.29) is 17.8 Å². The molecule has 0 amide bonds. The van der Waals surface area contributed by atoms with Crippen molar-refractivity contribution < 1.29 is 9.59 Å². The minimum absolute atomic E-state index is 0.0312. The zero-order valence-electron chi connectivity index (χ0n) is 13.3. The van der Waals surface area contributed by atoms with Gasteiger partial charge in [-0.2, -0.15) is 0 Å². The van der Waals surface area contributed by atoms with Gasteiger partial charge in [-0.25, -0.2) is 0 Å². The first kappa shape index (κ1) is 15.0. The van der Waals surface area contributed by atoms with Crippen LogP contribution in [0.4, 0.5) is 0 Å². The molecule has 0 heterocycles. The molecule has 0 radical (unpaired) electrons. The van der Waals surface area contributed by atoms with Gasteiger partial charge in [0.1, 0.15) is 5.78 Å². The number of ketones is 2. The van der Waals surface area contributed by atoms with Crippen LogP contribution in [-0.4, -0.2) is 11.6 Å². The molecule has 2 nitrogen and oxygen atoms in total. The summed E-state index contributed by atoms with van der Waals surface area (Å²) in [5.41, 5.74) is 0.898. The number of Topliss-reactive ketones (excluding diaryl/α,β-unsaturated/α-hetero) is 2. The second-order valence-electron chi connectivity index (χ2n) is 7.23. The second-order valence-corrected chi connectivity index (χ2v) is 7.23. The number of allylic oxidation sites excluding steroid dienone is 2. The largest absolute Gasteiger partial charge is 0.299 e. The fourth-order valence-corrected chi connectivity index (χ4v) is 4.88. The van der Waals surface area contributed by atoms with Crippen LogP contribution < -0.4 is 0 Å². The Kier molecular flexibility index (Phi) is 4.61. The molecule has 0 aromatic carbocycles. The van der Waals surface area contributed by atoms with E-state index in [9.17, 15) is 9.59 Å². The lowest BCUT2D eigenvalue weighted by Crippen LogP contribution is -2.48. The van der Waals surface area contributed by atoms with Gasteiger partial charge >= 0.3 is 0 Å². The van der Waals surface area contributed by atoms with Crippen molar-refractivity contribution in [3.63, 3.8) is 0 Å². The lowest BCUT2D eigenvalue weighted by molar-refractivity contribution is -0.142. The standard InChI is InChI=1S/C19H28O2/c1-2-3-4-8-13-9-7-12-16-17(13)19(21)15-11-6-5-10-14(15)18(16)20/h11,13-14,16-17H,2-10,12H2,1H3. The Morgan fingerprint density at radius 1 is 1.10 bits per heavy atom. The molecule has 0 spiro atoms. The lowest BCUT2D eigenvalue weighted by Gasteiger charge is -2.43. The molecule has 0 aliphatic heterocycles. The first-order chi connectivity index (χ1) is 10.2. The number of rotatable bonds is 4. The van der Waals surface area contributed by atoms with Gasteiger partial charge in [0.05, 0.1) is 0 Å². The molecule has 0 saturated heterocycles. The van der Waals surface area contributed by atoms with E-state index in [4.69, 9.17) is 0 Å². The van der Waals surface area contributed by atoms with Gasteiger partial charge in [0.15, 0.2) is 5.78 Å². The van der Waals surface area contributed by atoms with Crippen LogP contribution in [0.3, 0.4) is 0 Å². The maximum atomic E-state index is 13.0. The first-order valence-electron chi connectivity index (χ1n) is 9.02. The third kappa shape index (κ3) is 2.74. The Bertz CT molecular complexity index is 448. The maximum Gasteiger partial charge on any atom is 0.163 e. The van der Waals surface area contributed by atoms with Crippen LogP contribution in [0.1, 0.15) is 71.1 Å². The summed E-state index contributed by atoms with van der Waals surface area (Å²) in [5, 5.41) is 0. The Morgan fingerprint density at radius 3 is 2.76 bits per heavy atom. The zero-order chi connectivity index (χ0) is 14.8. The van der Waals surface area contributed by atoms with E-state index >= 15 is 0 Å². The first-order valence-corrected chi connectivity index (χ1v) is 9.02. The highest BCUT2D eigenvalue weighted by atomic mass is 16.1. The van der Waals surface area contributed by atoms with Crippen molar-refractivity contribution in [3.8, 4) is 0 Å². The predicted molar refractivity (Wildman–Crippen MR) is 83.9 cm³/mol. The van der Waals surface area contributed by atoms with E-state index in [1.807, 2.05) is 0 Å². The number of hydrogen-bond donors (Lipinski definition) is 0. The SMILES string of the molecule is CCCCCC1CCCC2C(=O)C3CCCC=C3C(=O)C12. The fourth-order valence-electron chi connectivity index (χ4n) is 4.88. The summed E-state index contributed by atoms with van der Waals surface area (Å²) < 4.78 is 0. The van der Waals surface area contributed by atoms with Crippen LogP contribution in [0, 0.1) is 23.7 Å². The summed E-state index contributed by atoms with van der Waals surface area (Å²) in [6.07, 6.45) is 13.2. The zero-order valence-corrected chi connectivity index (χ0v) is 13.3. The Labute approximate surface area is 128 Å². The molecule has 116 valence electrons. The van der Waals surface area contributed by atoms with Gasteiger partial charge < -0.3 is 0 Å². The number of hydrogen-bond acceptors (Lipinski definition) is 2. The van der Waals surface area contributed by atoms with Crippen molar-refractivity contribution >= 4 is 11.6 Å². The molecular formula is C19H28O2. The number of carbonyl (C=O) groups excluding carboxylic acids is 2. The average molecular weight is 288 g/mol.